The number of nitrogens with two attached hydrogens (primary N) is 1. The number of likely N-dealkylation sites (N-methyl/N-ethyl adjacent to an activating group) is 1. The highest BCUT2D eigenvalue weighted by atomic mass is 16.3. The third-order valence-corrected chi connectivity index (χ3v) is 5.70. The van der Waals surface area contributed by atoms with E-state index in [9.17, 15) is 9.59 Å². The highest BCUT2D eigenvalue weighted by Gasteiger charge is 2.26. The fraction of sp³-hybridized carbons (Fsp3) is 0.292. The second kappa shape index (κ2) is 8.73. The number of carbonyl (C=O) groups is 2. The standard InChI is InChI=1S/C24H26N4O3/c1-15-19-5-3-4-6-20(19)31-21(15)14-28(2)22(29)8-7-16-11-18-12-17(9-10-25)24(30)27-23(18)26-13-16/h3-8,11,13,17H,9-10,12,14,25H2,1-2H3,(H,26,27,30)/b8-7+. The van der Waals surface area contributed by atoms with Crippen molar-refractivity contribution in [1.29, 1.82) is 0 Å². The van der Waals surface area contributed by atoms with E-state index in [1.807, 2.05) is 37.3 Å². The lowest BCUT2D eigenvalue weighted by atomic mass is 9.92. The second-order valence-corrected chi connectivity index (χ2v) is 7.92. The number of amides is 2. The largest absolute Gasteiger partial charge is 0.459 e. The molecule has 1 unspecified atom stereocenters. The summed E-state index contributed by atoms with van der Waals surface area (Å²) < 4.78 is 5.91. The average molecular weight is 418 g/mol. The van der Waals surface area contributed by atoms with E-state index in [0.717, 1.165) is 33.4 Å². The van der Waals surface area contributed by atoms with E-state index in [0.29, 0.717) is 31.7 Å². The van der Waals surface area contributed by atoms with Gasteiger partial charge in [-0.2, -0.15) is 0 Å². The number of nitrogens with zero attached hydrogens (tertiary/aromatic N) is 2. The number of benzene rings is 1. The van der Waals surface area contributed by atoms with Crippen LogP contribution in [0.3, 0.4) is 0 Å². The molecule has 2 amide bonds. The van der Waals surface area contributed by atoms with Gasteiger partial charge in [-0.05, 0) is 55.6 Å². The van der Waals surface area contributed by atoms with E-state index in [1.165, 1.54) is 6.08 Å². The maximum atomic E-state index is 12.6. The third-order valence-electron chi connectivity index (χ3n) is 5.70. The molecule has 0 aliphatic carbocycles. The molecule has 0 spiro atoms. The Bertz CT molecular complexity index is 1160. The van der Waals surface area contributed by atoms with Gasteiger partial charge in [-0.15, -0.1) is 0 Å². The third kappa shape index (κ3) is 4.36. The van der Waals surface area contributed by atoms with Crippen molar-refractivity contribution in [3.8, 4) is 0 Å². The number of nitrogens with one attached hydrogen (secondary N) is 1. The highest BCUT2D eigenvalue weighted by molar-refractivity contribution is 5.95. The molecular weight excluding hydrogens is 392 g/mol. The molecular formula is C24H26N4O3. The lowest BCUT2D eigenvalue weighted by Crippen LogP contribution is -2.32. The van der Waals surface area contributed by atoms with Gasteiger partial charge in [0.15, 0.2) is 0 Å². The van der Waals surface area contributed by atoms with Crippen LogP contribution >= 0.6 is 0 Å². The molecule has 3 aromatic rings. The van der Waals surface area contributed by atoms with Crippen LogP contribution in [0.25, 0.3) is 17.0 Å². The lowest BCUT2D eigenvalue weighted by Gasteiger charge is -2.23. The number of pyridine rings is 1. The summed E-state index contributed by atoms with van der Waals surface area (Å²) in [5.74, 6) is 1.05. The van der Waals surface area contributed by atoms with Gasteiger partial charge in [0.2, 0.25) is 11.8 Å². The summed E-state index contributed by atoms with van der Waals surface area (Å²) in [6.07, 6.45) is 6.16. The number of fused-ring (bicyclic) bond motifs is 2. The molecule has 1 atom stereocenters. The molecule has 0 bridgehead atoms. The smallest absolute Gasteiger partial charge is 0.246 e. The number of rotatable bonds is 6. The van der Waals surface area contributed by atoms with Crippen molar-refractivity contribution >= 4 is 34.7 Å². The van der Waals surface area contributed by atoms with E-state index >= 15 is 0 Å². The predicted octanol–water partition coefficient (Wildman–Crippen LogP) is 3.27. The van der Waals surface area contributed by atoms with Crippen LogP contribution in [-0.2, 0) is 22.6 Å². The van der Waals surface area contributed by atoms with Gasteiger partial charge in [-0.25, -0.2) is 4.98 Å². The first kappa shape index (κ1) is 20.8. The molecule has 1 aliphatic heterocycles. The second-order valence-electron chi connectivity index (χ2n) is 7.92. The Morgan fingerprint density at radius 3 is 2.97 bits per heavy atom. The minimum atomic E-state index is -0.140. The zero-order valence-electron chi connectivity index (χ0n) is 17.7. The van der Waals surface area contributed by atoms with E-state index in [4.69, 9.17) is 10.2 Å². The normalized spacial score (nSPS) is 15.8. The lowest BCUT2D eigenvalue weighted by molar-refractivity contribution is -0.125. The monoisotopic (exact) mass is 418 g/mol. The van der Waals surface area contributed by atoms with Crippen LogP contribution in [0.5, 0.6) is 0 Å². The zero-order chi connectivity index (χ0) is 22.0. The first-order valence-corrected chi connectivity index (χ1v) is 10.4. The summed E-state index contributed by atoms with van der Waals surface area (Å²) in [6, 6.07) is 9.81. The van der Waals surface area contributed by atoms with Crippen LogP contribution in [0.2, 0.25) is 0 Å². The molecule has 3 heterocycles. The molecule has 0 saturated heterocycles. The van der Waals surface area contributed by atoms with E-state index in [1.54, 1.807) is 24.2 Å². The van der Waals surface area contributed by atoms with Gasteiger partial charge in [0, 0.05) is 36.2 Å². The first-order valence-electron chi connectivity index (χ1n) is 10.4. The van der Waals surface area contributed by atoms with Crippen LogP contribution < -0.4 is 11.1 Å². The van der Waals surface area contributed by atoms with Gasteiger partial charge in [0.1, 0.15) is 17.2 Å². The summed E-state index contributed by atoms with van der Waals surface area (Å²) in [5.41, 5.74) is 9.25. The minimum absolute atomic E-state index is 0.0357. The Morgan fingerprint density at radius 1 is 1.39 bits per heavy atom. The molecule has 2 aromatic heterocycles. The van der Waals surface area contributed by atoms with Crippen molar-refractivity contribution < 1.29 is 14.0 Å². The molecule has 3 N–H and O–H groups in total. The summed E-state index contributed by atoms with van der Waals surface area (Å²) in [7, 11) is 1.75. The maximum Gasteiger partial charge on any atom is 0.246 e. The van der Waals surface area contributed by atoms with Crippen molar-refractivity contribution in [2.24, 2.45) is 11.7 Å². The number of para-hydroxylation sites is 1. The van der Waals surface area contributed by atoms with Crippen LogP contribution in [0.4, 0.5) is 5.82 Å². The number of aromatic nitrogens is 1. The first-order chi connectivity index (χ1) is 15.0. The van der Waals surface area contributed by atoms with Crippen molar-refractivity contribution in [1.82, 2.24) is 9.88 Å². The molecule has 0 fully saturated rings. The molecule has 7 nitrogen and oxygen atoms in total. The quantitative estimate of drug-likeness (QED) is 0.598. The summed E-state index contributed by atoms with van der Waals surface area (Å²) in [4.78, 5) is 30.6. The Hall–Kier alpha value is -3.45. The zero-order valence-corrected chi connectivity index (χ0v) is 17.7. The van der Waals surface area contributed by atoms with Gasteiger partial charge in [-0.3, -0.25) is 9.59 Å². The van der Waals surface area contributed by atoms with Crippen LogP contribution in [0.1, 0.15) is 28.9 Å². The van der Waals surface area contributed by atoms with E-state index < -0.39 is 0 Å². The fourth-order valence-electron chi connectivity index (χ4n) is 3.86. The summed E-state index contributed by atoms with van der Waals surface area (Å²) in [5, 5.41) is 3.90. The molecule has 4 rings (SSSR count). The molecule has 1 aromatic carbocycles. The number of anilines is 1. The number of hydrogen-bond donors (Lipinski definition) is 2. The number of furan rings is 1. The molecule has 1 aliphatic rings. The van der Waals surface area contributed by atoms with Gasteiger partial charge >= 0.3 is 0 Å². The minimum Gasteiger partial charge on any atom is -0.459 e. The molecule has 7 heteroatoms. The Kier molecular flexibility index (Phi) is 5.86. The van der Waals surface area contributed by atoms with Gasteiger partial charge in [0.25, 0.3) is 0 Å². The topological polar surface area (TPSA) is 101 Å². The summed E-state index contributed by atoms with van der Waals surface area (Å²) in [6.45, 7) is 2.86. The number of hydrogen-bond acceptors (Lipinski definition) is 5. The van der Waals surface area contributed by atoms with Crippen molar-refractivity contribution in [3.63, 3.8) is 0 Å². The van der Waals surface area contributed by atoms with Gasteiger partial charge in [-0.1, -0.05) is 18.2 Å². The Morgan fingerprint density at radius 2 is 2.19 bits per heavy atom. The van der Waals surface area contributed by atoms with Crippen LogP contribution in [0, 0.1) is 12.8 Å². The SMILES string of the molecule is Cc1c(CN(C)C(=O)/C=C/c2cnc3c(c2)CC(CCN)C(=O)N3)oc2ccccc12. The van der Waals surface area contributed by atoms with E-state index in [2.05, 4.69) is 10.3 Å². The van der Waals surface area contributed by atoms with Crippen molar-refractivity contribution in [2.45, 2.75) is 26.3 Å². The van der Waals surface area contributed by atoms with Crippen LogP contribution in [-0.4, -0.2) is 35.3 Å². The van der Waals surface area contributed by atoms with Crippen molar-refractivity contribution in [3.05, 3.63) is 65.1 Å². The molecule has 0 saturated carbocycles. The molecule has 31 heavy (non-hydrogen) atoms. The van der Waals surface area contributed by atoms with Crippen LogP contribution in [0.15, 0.2) is 47.0 Å². The maximum absolute atomic E-state index is 12.6. The number of carbonyl (C=O) groups excluding carboxylic acids is 2. The average Bonchev–Trinajstić information content (AvgIpc) is 3.08. The fourth-order valence-corrected chi connectivity index (χ4v) is 3.86. The number of aryl methyl sites for hydroxylation is 1. The summed E-state index contributed by atoms with van der Waals surface area (Å²) >= 11 is 0. The van der Waals surface area contributed by atoms with Crippen molar-refractivity contribution in [2.75, 3.05) is 18.9 Å². The highest BCUT2D eigenvalue weighted by Crippen LogP contribution is 2.27. The van der Waals surface area contributed by atoms with Gasteiger partial charge in [0.05, 0.1) is 6.54 Å². The molecule has 160 valence electrons. The molecule has 0 radical (unpaired) electrons. The van der Waals surface area contributed by atoms with Gasteiger partial charge < -0.3 is 20.4 Å². The Labute approximate surface area is 180 Å². The predicted molar refractivity (Wildman–Crippen MR) is 120 cm³/mol. The Balaban J connectivity index is 1.44. The van der Waals surface area contributed by atoms with E-state index in [-0.39, 0.29) is 17.7 Å².